The molecule has 1 aromatic carbocycles. The summed E-state index contributed by atoms with van der Waals surface area (Å²) in [6, 6.07) is 6.73. The lowest BCUT2D eigenvalue weighted by atomic mass is 10.2. The number of carbonyl (C=O) groups excluding carboxylic acids is 2. The van der Waals surface area contributed by atoms with Crippen LogP contribution >= 0.6 is 0 Å². The van der Waals surface area contributed by atoms with E-state index in [1.54, 1.807) is 24.1 Å². The Hall–Kier alpha value is -2.24. The highest BCUT2D eigenvalue weighted by atomic mass is 16.5. The molecule has 0 aromatic heterocycles. The number of nitrogens with two attached hydrogens (primary N) is 1. The molecule has 0 spiro atoms. The summed E-state index contributed by atoms with van der Waals surface area (Å²) in [7, 11) is 1.73. The zero-order valence-electron chi connectivity index (χ0n) is 11.5. The average molecular weight is 277 g/mol. The van der Waals surface area contributed by atoms with Crippen LogP contribution in [0.2, 0.25) is 0 Å². The quantitative estimate of drug-likeness (QED) is 0.762. The van der Waals surface area contributed by atoms with Crippen LogP contribution < -0.4 is 15.8 Å². The maximum absolute atomic E-state index is 11.7. The van der Waals surface area contributed by atoms with Crippen molar-refractivity contribution in [3.63, 3.8) is 0 Å². The Morgan fingerprint density at radius 2 is 2.25 bits per heavy atom. The summed E-state index contributed by atoms with van der Waals surface area (Å²) in [6.45, 7) is 0.914. The molecule has 2 rings (SSSR count). The van der Waals surface area contributed by atoms with Crippen LogP contribution in [0.3, 0.4) is 0 Å². The van der Waals surface area contributed by atoms with Gasteiger partial charge in [-0.25, -0.2) is 0 Å². The van der Waals surface area contributed by atoms with E-state index in [9.17, 15) is 9.59 Å². The molecule has 6 heteroatoms. The van der Waals surface area contributed by atoms with E-state index < -0.39 is 6.04 Å². The van der Waals surface area contributed by atoms with Gasteiger partial charge in [0.25, 0.3) is 0 Å². The molecule has 0 aliphatic carbocycles. The number of anilines is 1. The summed E-state index contributed by atoms with van der Waals surface area (Å²) in [6.07, 6.45) is 0.857. The van der Waals surface area contributed by atoms with Crippen LogP contribution in [0.15, 0.2) is 24.3 Å². The van der Waals surface area contributed by atoms with E-state index in [0.29, 0.717) is 24.4 Å². The lowest BCUT2D eigenvalue weighted by Gasteiger charge is -2.13. The Morgan fingerprint density at radius 3 is 2.90 bits per heavy atom. The second-order valence-electron chi connectivity index (χ2n) is 4.80. The molecule has 6 nitrogen and oxygen atoms in total. The molecule has 1 heterocycles. The Balaban J connectivity index is 1.73. The van der Waals surface area contributed by atoms with E-state index in [4.69, 9.17) is 10.5 Å². The van der Waals surface area contributed by atoms with Gasteiger partial charge in [-0.3, -0.25) is 9.59 Å². The number of para-hydroxylation sites is 2. The van der Waals surface area contributed by atoms with E-state index in [1.165, 1.54) is 0 Å². The first-order chi connectivity index (χ1) is 9.58. The third kappa shape index (κ3) is 3.40. The lowest BCUT2D eigenvalue weighted by molar-refractivity contribution is -0.132. The highest BCUT2D eigenvalue weighted by molar-refractivity contribution is 5.88. The van der Waals surface area contributed by atoms with Gasteiger partial charge in [-0.2, -0.15) is 0 Å². The average Bonchev–Trinajstić information content (AvgIpc) is 2.73. The number of likely N-dealkylation sites (N-methyl/N-ethyl adjacent to an activating group) is 1. The van der Waals surface area contributed by atoms with Crippen molar-refractivity contribution >= 4 is 17.5 Å². The summed E-state index contributed by atoms with van der Waals surface area (Å²) in [5.41, 5.74) is 6.27. The fourth-order valence-electron chi connectivity index (χ4n) is 2.09. The van der Waals surface area contributed by atoms with Gasteiger partial charge in [0.2, 0.25) is 11.8 Å². The molecule has 108 valence electrons. The molecule has 0 bridgehead atoms. The number of nitrogens with one attached hydrogen (secondary N) is 1. The number of benzene rings is 1. The van der Waals surface area contributed by atoms with Crippen molar-refractivity contribution in [1.82, 2.24) is 10.2 Å². The van der Waals surface area contributed by atoms with Gasteiger partial charge >= 0.3 is 0 Å². The smallest absolute Gasteiger partial charge is 0.244 e. The molecule has 1 unspecified atom stereocenters. The number of ether oxygens (including phenoxy) is 1. The minimum absolute atomic E-state index is 0.0356. The number of hydrogen-bond donors (Lipinski definition) is 2. The molecule has 1 aliphatic rings. The van der Waals surface area contributed by atoms with Crippen LogP contribution in [0.25, 0.3) is 0 Å². The van der Waals surface area contributed by atoms with Gasteiger partial charge < -0.3 is 20.7 Å². The minimum atomic E-state index is -0.394. The van der Waals surface area contributed by atoms with Gasteiger partial charge in [0.05, 0.1) is 18.7 Å². The zero-order chi connectivity index (χ0) is 14.5. The van der Waals surface area contributed by atoms with Crippen LogP contribution in [-0.2, 0) is 9.59 Å². The second kappa shape index (κ2) is 6.27. The fraction of sp³-hybridized carbons (Fsp3) is 0.429. The number of rotatable bonds is 5. The molecule has 2 amide bonds. The maximum atomic E-state index is 11.7. The molecule has 1 atom stereocenters. The van der Waals surface area contributed by atoms with Crippen LogP contribution in [0.4, 0.5) is 5.69 Å². The number of nitrogen functional groups attached to an aromatic ring is 1. The van der Waals surface area contributed by atoms with Crippen molar-refractivity contribution in [2.24, 2.45) is 0 Å². The number of likely N-dealkylation sites (tertiary alicyclic amines) is 1. The van der Waals surface area contributed by atoms with Crippen LogP contribution in [-0.4, -0.2) is 43.0 Å². The summed E-state index contributed by atoms with van der Waals surface area (Å²) >= 11 is 0. The van der Waals surface area contributed by atoms with Gasteiger partial charge in [-0.15, -0.1) is 0 Å². The number of carbonyl (C=O) groups is 2. The topological polar surface area (TPSA) is 84.7 Å². The normalized spacial score (nSPS) is 18.1. The SMILES string of the molecule is CN1CCC(NC(=O)CCOc2ccccc2N)C1=O. The first-order valence-electron chi connectivity index (χ1n) is 6.59. The third-order valence-electron chi connectivity index (χ3n) is 3.27. The van der Waals surface area contributed by atoms with E-state index >= 15 is 0 Å². The minimum Gasteiger partial charge on any atom is -0.491 e. The molecule has 3 N–H and O–H groups in total. The molecule has 1 fully saturated rings. The Kier molecular flexibility index (Phi) is 4.45. The highest BCUT2D eigenvalue weighted by Crippen LogP contribution is 2.19. The Labute approximate surface area is 117 Å². The van der Waals surface area contributed by atoms with Gasteiger partial charge in [-0.05, 0) is 18.6 Å². The second-order valence-corrected chi connectivity index (χ2v) is 4.80. The van der Waals surface area contributed by atoms with E-state index in [1.807, 2.05) is 12.1 Å². The van der Waals surface area contributed by atoms with E-state index in [0.717, 1.165) is 0 Å². The van der Waals surface area contributed by atoms with Crippen molar-refractivity contribution in [2.75, 3.05) is 25.9 Å². The molecule has 1 aliphatic heterocycles. The first kappa shape index (κ1) is 14.2. The van der Waals surface area contributed by atoms with Crippen molar-refractivity contribution in [3.8, 4) is 5.75 Å². The molecule has 20 heavy (non-hydrogen) atoms. The summed E-state index contributed by atoms with van der Waals surface area (Å²) in [5, 5.41) is 2.72. The summed E-state index contributed by atoms with van der Waals surface area (Å²) in [5.74, 6) is 0.344. The van der Waals surface area contributed by atoms with Crippen molar-refractivity contribution < 1.29 is 14.3 Å². The largest absolute Gasteiger partial charge is 0.491 e. The van der Waals surface area contributed by atoms with Gasteiger partial charge in [0, 0.05) is 13.6 Å². The summed E-state index contributed by atoms with van der Waals surface area (Å²) < 4.78 is 5.44. The predicted octanol–water partition coefficient (Wildman–Crippen LogP) is 0.385. The summed E-state index contributed by atoms with van der Waals surface area (Å²) in [4.78, 5) is 25.0. The van der Waals surface area contributed by atoms with Gasteiger partial charge in [-0.1, -0.05) is 12.1 Å². The molecular weight excluding hydrogens is 258 g/mol. The van der Waals surface area contributed by atoms with Crippen LogP contribution in [0, 0.1) is 0 Å². The van der Waals surface area contributed by atoms with E-state index in [-0.39, 0.29) is 24.8 Å². The standard InChI is InChI=1S/C14H19N3O3/c1-17-8-6-11(14(17)19)16-13(18)7-9-20-12-5-3-2-4-10(12)15/h2-5,11H,6-9,15H2,1H3,(H,16,18). The molecular formula is C14H19N3O3. The number of hydrogen-bond acceptors (Lipinski definition) is 4. The first-order valence-corrected chi connectivity index (χ1v) is 6.59. The Bertz CT molecular complexity index is 504. The predicted molar refractivity (Wildman–Crippen MR) is 75.2 cm³/mol. The number of nitrogens with zero attached hydrogens (tertiary/aromatic N) is 1. The van der Waals surface area contributed by atoms with Crippen molar-refractivity contribution in [3.05, 3.63) is 24.3 Å². The van der Waals surface area contributed by atoms with Crippen molar-refractivity contribution in [2.45, 2.75) is 18.9 Å². The molecule has 1 aromatic rings. The van der Waals surface area contributed by atoms with E-state index in [2.05, 4.69) is 5.32 Å². The number of amides is 2. The Morgan fingerprint density at radius 1 is 1.50 bits per heavy atom. The van der Waals surface area contributed by atoms with Gasteiger partial charge in [0.15, 0.2) is 0 Å². The molecule has 0 saturated carbocycles. The maximum Gasteiger partial charge on any atom is 0.244 e. The van der Waals surface area contributed by atoms with Crippen LogP contribution in [0.1, 0.15) is 12.8 Å². The lowest BCUT2D eigenvalue weighted by Crippen LogP contribution is -2.40. The van der Waals surface area contributed by atoms with Crippen molar-refractivity contribution in [1.29, 1.82) is 0 Å². The monoisotopic (exact) mass is 277 g/mol. The molecule has 1 saturated heterocycles. The zero-order valence-corrected chi connectivity index (χ0v) is 11.5. The van der Waals surface area contributed by atoms with Crippen LogP contribution in [0.5, 0.6) is 5.75 Å². The third-order valence-corrected chi connectivity index (χ3v) is 3.27. The highest BCUT2D eigenvalue weighted by Gasteiger charge is 2.29. The van der Waals surface area contributed by atoms with Gasteiger partial charge in [0.1, 0.15) is 11.8 Å². The molecule has 0 radical (unpaired) electrons. The fourth-order valence-corrected chi connectivity index (χ4v) is 2.09.